The Hall–Kier alpha value is -1.09. The van der Waals surface area contributed by atoms with Crippen LogP contribution in [-0.2, 0) is 6.54 Å². The average Bonchev–Trinajstić information content (AvgIpc) is 2.29. The lowest BCUT2D eigenvalue weighted by Crippen LogP contribution is -2.29. The number of anilines is 1. The minimum absolute atomic E-state index is 0.583. The summed E-state index contributed by atoms with van der Waals surface area (Å²) in [4.78, 5) is 6.90. The predicted molar refractivity (Wildman–Crippen MR) is 67.4 cm³/mol. The van der Waals surface area contributed by atoms with Crippen molar-refractivity contribution in [1.29, 1.82) is 0 Å². The topological polar surface area (TPSA) is 42.1 Å². The fourth-order valence-corrected chi connectivity index (χ4v) is 2.33. The summed E-state index contributed by atoms with van der Waals surface area (Å²) in [7, 11) is 0. The summed E-state index contributed by atoms with van der Waals surface area (Å²) in [5.41, 5.74) is 6.93. The highest BCUT2D eigenvalue weighted by molar-refractivity contribution is 5.46. The van der Waals surface area contributed by atoms with Gasteiger partial charge < -0.3 is 10.6 Å². The van der Waals surface area contributed by atoms with Crippen LogP contribution < -0.4 is 10.6 Å². The van der Waals surface area contributed by atoms with Gasteiger partial charge in [-0.15, -0.1) is 0 Å². The monoisotopic (exact) mass is 219 g/mol. The summed E-state index contributed by atoms with van der Waals surface area (Å²) in [6, 6.07) is 4.05. The normalized spacial score (nSPS) is 17.9. The molecule has 0 unspecified atom stereocenters. The molecule has 0 aliphatic carbocycles. The molecule has 1 aliphatic rings. The summed E-state index contributed by atoms with van der Waals surface area (Å²) >= 11 is 0. The first kappa shape index (κ1) is 11.4. The van der Waals surface area contributed by atoms with Gasteiger partial charge >= 0.3 is 0 Å². The molecule has 2 rings (SSSR count). The lowest BCUT2D eigenvalue weighted by Gasteiger charge is -2.27. The van der Waals surface area contributed by atoms with Gasteiger partial charge in [0.05, 0.1) is 0 Å². The van der Waals surface area contributed by atoms with E-state index in [2.05, 4.69) is 16.0 Å². The van der Waals surface area contributed by atoms with Gasteiger partial charge in [0.1, 0.15) is 5.82 Å². The van der Waals surface area contributed by atoms with Crippen molar-refractivity contribution >= 4 is 5.82 Å². The van der Waals surface area contributed by atoms with E-state index in [0.29, 0.717) is 6.54 Å². The van der Waals surface area contributed by atoms with Gasteiger partial charge in [-0.2, -0.15) is 0 Å². The molecule has 1 aromatic heterocycles. The smallest absolute Gasteiger partial charge is 0.132 e. The van der Waals surface area contributed by atoms with Gasteiger partial charge in [-0.1, -0.05) is 25.3 Å². The van der Waals surface area contributed by atoms with Crippen LogP contribution in [0.15, 0.2) is 18.3 Å². The molecule has 3 heteroatoms. The van der Waals surface area contributed by atoms with Gasteiger partial charge in [-0.25, -0.2) is 4.98 Å². The second-order valence-electron chi connectivity index (χ2n) is 4.45. The fraction of sp³-hybridized carbons (Fsp3) is 0.615. The Bertz CT molecular complexity index is 317. The van der Waals surface area contributed by atoms with Gasteiger partial charge in [0, 0.05) is 31.4 Å². The molecule has 0 saturated carbocycles. The SMILES string of the molecule is NCc1cccnc1N1CCCCCCC1. The van der Waals surface area contributed by atoms with Crippen molar-refractivity contribution in [3.63, 3.8) is 0 Å². The van der Waals surface area contributed by atoms with Gasteiger partial charge in [-0.05, 0) is 18.9 Å². The molecule has 2 heterocycles. The zero-order valence-corrected chi connectivity index (χ0v) is 9.86. The largest absolute Gasteiger partial charge is 0.356 e. The van der Waals surface area contributed by atoms with Crippen LogP contribution in [0, 0.1) is 0 Å². The third kappa shape index (κ3) is 2.73. The molecule has 2 N–H and O–H groups in total. The van der Waals surface area contributed by atoms with Gasteiger partial charge in [0.25, 0.3) is 0 Å². The molecule has 0 radical (unpaired) electrons. The van der Waals surface area contributed by atoms with E-state index >= 15 is 0 Å². The van der Waals surface area contributed by atoms with Crippen molar-refractivity contribution in [2.75, 3.05) is 18.0 Å². The highest BCUT2D eigenvalue weighted by Gasteiger charge is 2.12. The third-order valence-corrected chi connectivity index (χ3v) is 3.24. The first-order valence-electron chi connectivity index (χ1n) is 6.31. The number of aromatic nitrogens is 1. The van der Waals surface area contributed by atoms with E-state index in [1.54, 1.807) is 0 Å². The second-order valence-corrected chi connectivity index (χ2v) is 4.45. The minimum atomic E-state index is 0.583. The van der Waals surface area contributed by atoms with E-state index in [0.717, 1.165) is 18.9 Å². The van der Waals surface area contributed by atoms with Crippen LogP contribution in [0.4, 0.5) is 5.82 Å². The van der Waals surface area contributed by atoms with Crippen LogP contribution in [0.25, 0.3) is 0 Å². The molecule has 1 aromatic rings. The minimum Gasteiger partial charge on any atom is -0.356 e. The maximum atomic E-state index is 5.76. The maximum Gasteiger partial charge on any atom is 0.132 e. The molecule has 3 nitrogen and oxygen atoms in total. The lowest BCUT2D eigenvalue weighted by atomic mass is 10.1. The Morgan fingerprint density at radius 1 is 1.12 bits per heavy atom. The van der Waals surface area contributed by atoms with E-state index in [4.69, 9.17) is 5.73 Å². The quantitative estimate of drug-likeness (QED) is 0.830. The molecule has 88 valence electrons. The van der Waals surface area contributed by atoms with Crippen LogP contribution in [0.1, 0.15) is 37.7 Å². The van der Waals surface area contributed by atoms with Crippen LogP contribution in [0.3, 0.4) is 0 Å². The molecular weight excluding hydrogens is 198 g/mol. The van der Waals surface area contributed by atoms with E-state index in [1.807, 2.05) is 12.3 Å². The molecule has 0 spiro atoms. The van der Waals surface area contributed by atoms with Gasteiger partial charge in [-0.3, -0.25) is 0 Å². The summed E-state index contributed by atoms with van der Waals surface area (Å²) in [5, 5.41) is 0. The molecule has 0 atom stereocenters. The Morgan fingerprint density at radius 2 is 1.81 bits per heavy atom. The van der Waals surface area contributed by atoms with Crippen molar-refractivity contribution in [2.24, 2.45) is 5.73 Å². The van der Waals surface area contributed by atoms with Gasteiger partial charge in [0.2, 0.25) is 0 Å². The maximum absolute atomic E-state index is 5.76. The van der Waals surface area contributed by atoms with Crippen LogP contribution >= 0.6 is 0 Å². The predicted octanol–water partition coefficient (Wildman–Crippen LogP) is 2.31. The van der Waals surface area contributed by atoms with Gasteiger partial charge in [0.15, 0.2) is 0 Å². The Labute approximate surface area is 97.7 Å². The van der Waals surface area contributed by atoms with Crippen LogP contribution in [0.2, 0.25) is 0 Å². The number of rotatable bonds is 2. The highest BCUT2D eigenvalue weighted by Crippen LogP contribution is 2.20. The Morgan fingerprint density at radius 3 is 2.50 bits per heavy atom. The number of pyridine rings is 1. The molecule has 1 aliphatic heterocycles. The van der Waals surface area contributed by atoms with E-state index in [-0.39, 0.29) is 0 Å². The van der Waals surface area contributed by atoms with Crippen molar-refractivity contribution in [1.82, 2.24) is 4.98 Å². The first-order chi connectivity index (χ1) is 7.92. The summed E-state index contributed by atoms with van der Waals surface area (Å²) in [6.45, 7) is 2.84. The zero-order valence-electron chi connectivity index (χ0n) is 9.86. The summed E-state index contributed by atoms with van der Waals surface area (Å²) in [5.74, 6) is 1.10. The number of hydrogen-bond donors (Lipinski definition) is 1. The van der Waals surface area contributed by atoms with E-state index < -0.39 is 0 Å². The van der Waals surface area contributed by atoms with E-state index in [1.165, 1.54) is 37.7 Å². The molecule has 0 bridgehead atoms. The Balaban J connectivity index is 2.13. The molecule has 0 amide bonds. The standard InChI is InChI=1S/C13H21N3/c14-11-12-7-6-8-15-13(12)16-9-4-2-1-3-5-10-16/h6-8H,1-5,9-11,14H2. The van der Waals surface area contributed by atoms with Crippen LogP contribution in [0.5, 0.6) is 0 Å². The van der Waals surface area contributed by atoms with Crippen LogP contribution in [-0.4, -0.2) is 18.1 Å². The fourth-order valence-electron chi connectivity index (χ4n) is 2.33. The molecule has 1 fully saturated rings. The summed E-state index contributed by atoms with van der Waals surface area (Å²) in [6.07, 6.45) is 8.51. The zero-order chi connectivity index (χ0) is 11.2. The number of nitrogens with two attached hydrogens (primary N) is 1. The number of nitrogens with zero attached hydrogens (tertiary/aromatic N) is 2. The van der Waals surface area contributed by atoms with Crippen molar-refractivity contribution in [3.8, 4) is 0 Å². The van der Waals surface area contributed by atoms with Crippen molar-refractivity contribution in [3.05, 3.63) is 23.9 Å². The van der Waals surface area contributed by atoms with E-state index in [9.17, 15) is 0 Å². The van der Waals surface area contributed by atoms with Crippen molar-refractivity contribution < 1.29 is 0 Å². The molecule has 1 saturated heterocycles. The number of hydrogen-bond acceptors (Lipinski definition) is 3. The molecular formula is C13H21N3. The molecule has 0 aromatic carbocycles. The Kier molecular flexibility index (Phi) is 4.17. The van der Waals surface area contributed by atoms with Crippen molar-refractivity contribution in [2.45, 2.75) is 38.6 Å². The third-order valence-electron chi connectivity index (χ3n) is 3.24. The summed E-state index contributed by atoms with van der Waals surface area (Å²) < 4.78 is 0. The first-order valence-corrected chi connectivity index (χ1v) is 6.31. The highest BCUT2D eigenvalue weighted by atomic mass is 15.2. The average molecular weight is 219 g/mol. The second kappa shape index (κ2) is 5.85. The molecule has 16 heavy (non-hydrogen) atoms. The lowest BCUT2D eigenvalue weighted by molar-refractivity contribution is 0.552.